The summed E-state index contributed by atoms with van der Waals surface area (Å²) < 4.78 is 0. The van der Waals surface area contributed by atoms with Crippen molar-refractivity contribution in [1.29, 1.82) is 0 Å². The molecule has 0 aliphatic carbocycles. The Hall–Kier alpha value is -3.35. The first-order chi connectivity index (χ1) is 18.4. The third-order valence-electron chi connectivity index (χ3n) is 7.11. The Bertz CT molecular complexity index is 1120. The minimum Gasteiger partial charge on any atom is -0.386 e. The molecule has 2 aromatic carbocycles. The molecule has 0 amide bonds. The van der Waals surface area contributed by atoms with Gasteiger partial charge >= 0.3 is 0 Å². The number of anilines is 3. The molecule has 6 atom stereocenters. The van der Waals surface area contributed by atoms with Crippen LogP contribution >= 0.6 is 0 Å². The first-order valence-electron chi connectivity index (χ1n) is 13.2. The zero-order chi connectivity index (χ0) is 26.6. The smallest absolute Gasteiger partial charge is 0.232 e. The van der Waals surface area contributed by atoms with Crippen LogP contribution in [0.25, 0.3) is 0 Å². The predicted octanol–water partition coefficient (Wildman–Crippen LogP) is 0.488. The third kappa shape index (κ3) is 6.20. The highest BCUT2D eigenvalue weighted by Gasteiger charge is 2.30. The molecule has 2 aliphatic heterocycles. The summed E-state index contributed by atoms with van der Waals surface area (Å²) in [6.45, 7) is 2.35. The minimum absolute atomic E-state index is 0.0795. The van der Waals surface area contributed by atoms with Gasteiger partial charge in [0.05, 0.1) is 6.04 Å². The molecule has 0 saturated carbocycles. The number of hydrogen-bond acceptors (Lipinski definition) is 11. The zero-order valence-electron chi connectivity index (χ0n) is 21.5. The van der Waals surface area contributed by atoms with E-state index in [9.17, 15) is 5.11 Å². The number of aromatic nitrogens is 3. The van der Waals surface area contributed by atoms with E-state index in [1.807, 2.05) is 70.5 Å². The van der Waals surface area contributed by atoms with Gasteiger partial charge in [0.2, 0.25) is 17.8 Å². The number of benzene rings is 2. The van der Waals surface area contributed by atoms with Crippen LogP contribution in [0.2, 0.25) is 0 Å². The van der Waals surface area contributed by atoms with Crippen LogP contribution in [-0.4, -0.2) is 70.4 Å². The predicted molar refractivity (Wildman–Crippen MR) is 150 cm³/mol. The molecule has 3 aromatic rings. The Morgan fingerprint density at radius 3 is 1.53 bits per heavy atom. The van der Waals surface area contributed by atoms with Crippen LogP contribution in [0.4, 0.5) is 17.8 Å². The van der Waals surface area contributed by atoms with Crippen LogP contribution in [0, 0.1) is 0 Å². The van der Waals surface area contributed by atoms with E-state index < -0.39 is 12.1 Å². The minimum atomic E-state index is -0.851. The second-order valence-corrected chi connectivity index (χ2v) is 10.5. The lowest BCUT2D eigenvalue weighted by Gasteiger charge is -2.37. The molecule has 0 bridgehead atoms. The Balaban J connectivity index is 1.53. The second-order valence-electron chi connectivity index (χ2n) is 10.5. The average Bonchev–Trinajstić information content (AvgIpc) is 2.91. The number of aliphatic hydroxyl groups is 1. The Kier molecular flexibility index (Phi) is 8.01. The van der Waals surface area contributed by atoms with Gasteiger partial charge in [0.1, 0.15) is 6.10 Å². The molecule has 2 saturated heterocycles. The molecule has 3 heterocycles. The number of nitrogens with one attached hydrogen (secondary N) is 1. The number of nitrogens with two attached hydrogens (primary N) is 4. The number of piperidine rings is 2. The molecule has 11 nitrogen and oxygen atoms in total. The van der Waals surface area contributed by atoms with Crippen molar-refractivity contribution in [3.05, 3.63) is 71.8 Å². The first-order valence-corrected chi connectivity index (χ1v) is 13.2. The van der Waals surface area contributed by atoms with E-state index in [0.29, 0.717) is 44.0 Å². The summed E-state index contributed by atoms with van der Waals surface area (Å²) in [6, 6.07) is 18.5. The first kappa shape index (κ1) is 26.3. The molecule has 2 fully saturated rings. The molecule has 1 aromatic heterocycles. The maximum Gasteiger partial charge on any atom is 0.232 e. The molecule has 0 radical (unpaired) electrons. The van der Waals surface area contributed by atoms with Crippen LogP contribution in [-0.2, 0) is 0 Å². The molecule has 0 unspecified atom stereocenters. The SMILES string of the molecule is N[C@@H]1C[C@H](N)CN(c2nc(N[C@@H](c3ccccc3)[C@H](O)c3ccccc3)nc(N3C[C@H](N)C[C@H](N)C3)n2)C1. The van der Waals surface area contributed by atoms with Gasteiger partial charge in [0.25, 0.3) is 0 Å². The van der Waals surface area contributed by atoms with E-state index in [2.05, 4.69) is 5.32 Å². The van der Waals surface area contributed by atoms with Crippen molar-refractivity contribution in [3.8, 4) is 0 Å². The number of aliphatic hydroxyl groups excluding tert-OH is 1. The van der Waals surface area contributed by atoms with E-state index in [1.165, 1.54) is 0 Å². The summed E-state index contributed by atoms with van der Waals surface area (Å²) in [5.41, 5.74) is 26.8. The lowest BCUT2D eigenvalue weighted by molar-refractivity contribution is 0.154. The number of rotatable bonds is 7. The highest BCUT2D eigenvalue weighted by atomic mass is 16.3. The van der Waals surface area contributed by atoms with Gasteiger partial charge in [-0.05, 0) is 24.0 Å². The largest absolute Gasteiger partial charge is 0.386 e. The van der Waals surface area contributed by atoms with Crippen LogP contribution < -0.4 is 38.1 Å². The van der Waals surface area contributed by atoms with Crippen LogP contribution in [0.1, 0.15) is 36.1 Å². The standard InChI is InChI=1S/C27H38N10O/c28-19-11-20(29)14-36(13-19)26-33-25(34-27(35-26)37-15-21(30)12-22(31)16-37)32-23(17-7-3-1-4-8-17)24(38)18-9-5-2-6-10-18/h1-10,19-24,38H,11-16,28-31H2,(H,32,33,34,35)/t19-,20+,21-,22+,23-,24+/m0/s1. The van der Waals surface area contributed by atoms with Gasteiger partial charge in [-0.25, -0.2) is 0 Å². The molecule has 202 valence electrons. The fourth-order valence-electron chi connectivity index (χ4n) is 5.37. The van der Waals surface area contributed by atoms with Crippen LogP contribution in [0.3, 0.4) is 0 Å². The summed E-state index contributed by atoms with van der Waals surface area (Å²) in [5, 5.41) is 14.9. The van der Waals surface area contributed by atoms with Crippen LogP contribution in [0.15, 0.2) is 60.7 Å². The fraction of sp³-hybridized carbons (Fsp3) is 0.444. The lowest BCUT2D eigenvalue weighted by Crippen LogP contribution is -2.54. The maximum atomic E-state index is 11.4. The monoisotopic (exact) mass is 518 g/mol. The summed E-state index contributed by atoms with van der Waals surface area (Å²) in [4.78, 5) is 18.4. The second kappa shape index (κ2) is 11.6. The van der Waals surface area contributed by atoms with Crippen molar-refractivity contribution in [2.45, 2.75) is 49.2 Å². The molecule has 2 aliphatic rings. The summed E-state index contributed by atoms with van der Waals surface area (Å²) in [5.74, 6) is 1.31. The van der Waals surface area contributed by atoms with Gasteiger partial charge in [-0.1, -0.05) is 60.7 Å². The molecule has 0 spiro atoms. The third-order valence-corrected chi connectivity index (χ3v) is 7.11. The Morgan fingerprint density at radius 2 is 1.08 bits per heavy atom. The average molecular weight is 519 g/mol. The Labute approximate surface area is 223 Å². The summed E-state index contributed by atoms with van der Waals surface area (Å²) in [6.07, 6.45) is 0.639. The summed E-state index contributed by atoms with van der Waals surface area (Å²) >= 11 is 0. The molecular formula is C27H38N10O. The van der Waals surface area contributed by atoms with Crippen molar-refractivity contribution in [1.82, 2.24) is 15.0 Å². The van der Waals surface area contributed by atoms with Crippen molar-refractivity contribution >= 4 is 17.8 Å². The molecule has 5 rings (SSSR count). The molecule has 10 N–H and O–H groups in total. The highest BCUT2D eigenvalue weighted by molar-refractivity contribution is 5.48. The van der Waals surface area contributed by atoms with Gasteiger partial charge in [-0.15, -0.1) is 0 Å². The quantitative estimate of drug-likeness (QED) is 0.256. The van der Waals surface area contributed by atoms with E-state index in [1.54, 1.807) is 0 Å². The van der Waals surface area contributed by atoms with E-state index in [-0.39, 0.29) is 24.2 Å². The molecule has 11 heteroatoms. The van der Waals surface area contributed by atoms with Crippen molar-refractivity contribution in [2.24, 2.45) is 22.9 Å². The van der Waals surface area contributed by atoms with E-state index in [4.69, 9.17) is 37.9 Å². The number of hydrogen-bond donors (Lipinski definition) is 6. The highest BCUT2D eigenvalue weighted by Crippen LogP contribution is 2.32. The molecular weight excluding hydrogens is 480 g/mol. The topological polar surface area (TPSA) is 181 Å². The van der Waals surface area contributed by atoms with Gasteiger partial charge in [0.15, 0.2) is 0 Å². The van der Waals surface area contributed by atoms with E-state index in [0.717, 1.165) is 24.0 Å². The van der Waals surface area contributed by atoms with Gasteiger partial charge in [-0.2, -0.15) is 15.0 Å². The van der Waals surface area contributed by atoms with Gasteiger partial charge in [-0.3, -0.25) is 0 Å². The molecule has 38 heavy (non-hydrogen) atoms. The fourth-order valence-corrected chi connectivity index (χ4v) is 5.37. The lowest BCUT2D eigenvalue weighted by atomic mass is 9.96. The number of nitrogens with zero attached hydrogens (tertiary/aromatic N) is 5. The maximum absolute atomic E-state index is 11.4. The normalized spacial score (nSPS) is 25.6. The summed E-state index contributed by atoms with van der Waals surface area (Å²) in [7, 11) is 0. The van der Waals surface area contributed by atoms with Crippen LogP contribution in [0.5, 0.6) is 0 Å². The van der Waals surface area contributed by atoms with Gasteiger partial charge < -0.3 is 43.2 Å². The van der Waals surface area contributed by atoms with Crippen molar-refractivity contribution in [3.63, 3.8) is 0 Å². The van der Waals surface area contributed by atoms with Gasteiger partial charge in [0, 0.05) is 50.3 Å². The Morgan fingerprint density at radius 1 is 0.658 bits per heavy atom. The van der Waals surface area contributed by atoms with Crippen molar-refractivity contribution in [2.75, 3.05) is 41.3 Å². The van der Waals surface area contributed by atoms with Crippen molar-refractivity contribution < 1.29 is 5.11 Å². The van der Waals surface area contributed by atoms with E-state index >= 15 is 0 Å². The zero-order valence-corrected chi connectivity index (χ0v) is 21.5.